The maximum absolute atomic E-state index is 12.0. The van der Waals surface area contributed by atoms with Crippen molar-refractivity contribution in [2.24, 2.45) is 10.5 Å². The number of carbonyl (C=O) groups is 1. The summed E-state index contributed by atoms with van der Waals surface area (Å²) in [5.41, 5.74) is 3.30. The Balaban J connectivity index is 2.18. The van der Waals surface area contributed by atoms with E-state index in [1.165, 1.54) is 5.56 Å². The minimum absolute atomic E-state index is 0.0316. The second-order valence-corrected chi connectivity index (χ2v) is 5.85. The maximum Gasteiger partial charge on any atom is 0.248 e. The highest BCUT2D eigenvalue weighted by Crippen LogP contribution is 2.25. The molecule has 0 aromatic heterocycles. The molecule has 1 heterocycles. The predicted octanol–water partition coefficient (Wildman–Crippen LogP) is 3.13. The van der Waals surface area contributed by atoms with Gasteiger partial charge in [0.2, 0.25) is 5.91 Å². The minimum atomic E-state index is -0.0316. The van der Waals surface area contributed by atoms with Crippen LogP contribution in [0.1, 0.15) is 38.3 Å². The Morgan fingerprint density at radius 2 is 1.94 bits per heavy atom. The molecule has 0 spiro atoms. The summed E-state index contributed by atoms with van der Waals surface area (Å²) in [4.78, 5) is 12.0. The summed E-state index contributed by atoms with van der Waals surface area (Å²) in [6, 6.07) is 8.11. The van der Waals surface area contributed by atoms with Gasteiger partial charge in [-0.05, 0) is 18.1 Å². The largest absolute Gasteiger partial charge is 0.273 e. The van der Waals surface area contributed by atoms with Crippen LogP contribution in [0.2, 0.25) is 0 Å². The third-order valence-corrected chi connectivity index (χ3v) is 3.30. The van der Waals surface area contributed by atoms with E-state index in [-0.39, 0.29) is 11.3 Å². The van der Waals surface area contributed by atoms with Crippen molar-refractivity contribution in [3.8, 4) is 0 Å². The molecule has 0 saturated heterocycles. The van der Waals surface area contributed by atoms with E-state index in [4.69, 9.17) is 0 Å². The van der Waals surface area contributed by atoms with E-state index in [0.29, 0.717) is 13.0 Å². The Labute approximate surface area is 108 Å². The van der Waals surface area contributed by atoms with E-state index >= 15 is 0 Å². The fourth-order valence-corrected chi connectivity index (χ4v) is 1.96. The summed E-state index contributed by atoms with van der Waals surface area (Å²) in [6.45, 7) is 8.92. The zero-order chi connectivity index (χ0) is 13.3. The molecule has 0 unspecified atom stereocenters. The lowest BCUT2D eigenvalue weighted by atomic mass is 9.88. The number of hydrazone groups is 1. The molecular weight excluding hydrogens is 224 g/mol. The molecule has 2 rings (SSSR count). The van der Waals surface area contributed by atoms with Crippen molar-refractivity contribution >= 4 is 11.6 Å². The SMILES string of the molecule is Cc1ccccc1CN1N=C(C(C)(C)C)CC1=O. The van der Waals surface area contributed by atoms with E-state index in [9.17, 15) is 4.79 Å². The molecule has 0 aliphatic carbocycles. The lowest BCUT2D eigenvalue weighted by molar-refractivity contribution is -0.129. The fourth-order valence-electron chi connectivity index (χ4n) is 1.96. The topological polar surface area (TPSA) is 32.7 Å². The van der Waals surface area contributed by atoms with Crippen molar-refractivity contribution in [2.45, 2.75) is 40.7 Å². The van der Waals surface area contributed by atoms with Gasteiger partial charge in [0.05, 0.1) is 18.7 Å². The molecule has 0 saturated carbocycles. The highest BCUT2D eigenvalue weighted by atomic mass is 16.2. The van der Waals surface area contributed by atoms with E-state index in [1.807, 2.05) is 18.2 Å². The summed E-state index contributed by atoms with van der Waals surface area (Å²) in [7, 11) is 0. The molecule has 3 nitrogen and oxygen atoms in total. The van der Waals surface area contributed by atoms with Crippen LogP contribution in [0, 0.1) is 12.3 Å². The molecule has 0 fully saturated rings. The summed E-state index contributed by atoms with van der Waals surface area (Å²) >= 11 is 0. The Morgan fingerprint density at radius 1 is 1.28 bits per heavy atom. The third-order valence-electron chi connectivity index (χ3n) is 3.30. The van der Waals surface area contributed by atoms with Crippen LogP contribution < -0.4 is 0 Å². The molecule has 1 aliphatic rings. The third kappa shape index (κ3) is 2.61. The zero-order valence-electron chi connectivity index (χ0n) is 11.5. The van der Waals surface area contributed by atoms with Gasteiger partial charge in [-0.2, -0.15) is 5.10 Å². The molecule has 1 aromatic carbocycles. The lowest BCUT2D eigenvalue weighted by Gasteiger charge is -2.17. The molecule has 18 heavy (non-hydrogen) atoms. The average molecular weight is 244 g/mol. The second kappa shape index (κ2) is 4.56. The smallest absolute Gasteiger partial charge is 0.248 e. The van der Waals surface area contributed by atoms with Gasteiger partial charge in [0, 0.05) is 5.41 Å². The van der Waals surface area contributed by atoms with Crippen molar-refractivity contribution in [3.63, 3.8) is 0 Å². The fraction of sp³-hybridized carbons (Fsp3) is 0.467. The first kappa shape index (κ1) is 12.8. The summed E-state index contributed by atoms with van der Waals surface area (Å²) in [5, 5.41) is 6.08. The first-order valence-corrected chi connectivity index (χ1v) is 6.31. The van der Waals surface area contributed by atoms with Crippen LogP contribution in [-0.2, 0) is 11.3 Å². The molecule has 1 aliphatic heterocycles. The van der Waals surface area contributed by atoms with Crippen LogP contribution in [0.5, 0.6) is 0 Å². The van der Waals surface area contributed by atoms with Gasteiger partial charge in [-0.25, -0.2) is 5.01 Å². The van der Waals surface area contributed by atoms with Crippen molar-refractivity contribution in [2.75, 3.05) is 0 Å². The van der Waals surface area contributed by atoms with Crippen LogP contribution in [0.15, 0.2) is 29.4 Å². The van der Waals surface area contributed by atoms with Crippen LogP contribution in [0.25, 0.3) is 0 Å². The number of aryl methyl sites for hydroxylation is 1. The average Bonchev–Trinajstić information content (AvgIpc) is 2.63. The van der Waals surface area contributed by atoms with Gasteiger partial charge in [0.25, 0.3) is 0 Å². The standard InChI is InChI=1S/C15H20N2O/c1-11-7-5-6-8-12(11)10-17-14(18)9-13(16-17)15(2,3)4/h5-8H,9-10H2,1-4H3. The molecule has 3 heteroatoms. The molecule has 1 aromatic rings. The number of hydrogen-bond acceptors (Lipinski definition) is 2. The predicted molar refractivity (Wildman–Crippen MR) is 73.2 cm³/mol. The molecule has 96 valence electrons. The second-order valence-electron chi connectivity index (χ2n) is 5.85. The van der Waals surface area contributed by atoms with Crippen molar-refractivity contribution < 1.29 is 4.79 Å². The maximum atomic E-state index is 12.0. The van der Waals surface area contributed by atoms with Gasteiger partial charge in [0.1, 0.15) is 0 Å². The minimum Gasteiger partial charge on any atom is -0.273 e. The first-order valence-electron chi connectivity index (χ1n) is 6.31. The van der Waals surface area contributed by atoms with Crippen molar-refractivity contribution in [1.82, 2.24) is 5.01 Å². The number of rotatable bonds is 2. The van der Waals surface area contributed by atoms with Crippen LogP contribution in [0.3, 0.4) is 0 Å². The number of carbonyl (C=O) groups excluding carboxylic acids is 1. The number of nitrogens with zero attached hydrogens (tertiary/aromatic N) is 2. The molecule has 1 amide bonds. The van der Waals surface area contributed by atoms with Crippen molar-refractivity contribution in [3.05, 3.63) is 35.4 Å². The molecular formula is C15H20N2O. The summed E-state index contributed by atoms with van der Waals surface area (Å²) in [6.07, 6.45) is 0.454. The quantitative estimate of drug-likeness (QED) is 0.786. The Morgan fingerprint density at radius 3 is 2.50 bits per heavy atom. The Kier molecular flexibility index (Phi) is 3.24. The Bertz CT molecular complexity index is 497. The normalized spacial score (nSPS) is 16.1. The summed E-state index contributed by atoms with van der Waals surface area (Å²) in [5.74, 6) is 0.100. The van der Waals surface area contributed by atoms with Crippen LogP contribution in [0.4, 0.5) is 0 Å². The van der Waals surface area contributed by atoms with E-state index in [1.54, 1.807) is 5.01 Å². The Hall–Kier alpha value is -1.64. The van der Waals surface area contributed by atoms with E-state index in [2.05, 4.69) is 38.9 Å². The molecule has 0 bridgehead atoms. The van der Waals surface area contributed by atoms with Gasteiger partial charge in [0.15, 0.2) is 0 Å². The highest BCUT2D eigenvalue weighted by Gasteiger charge is 2.31. The molecule has 0 N–H and O–H groups in total. The number of amides is 1. The van der Waals surface area contributed by atoms with Gasteiger partial charge < -0.3 is 0 Å². The van der Waals surface area contributed by atoms with Gasteiger partial charge in [-0.3, -0.25) is 4.79 Å². The lowest BCUT2D eigenvalue weighted by Crippen LogP contribution is -2.21. The molecule has 0 atom stereocenters. The highest BCUT2D eigenvalue weighted by molar-refractivity contribution is 6.07. The van der Waals surface area contributed by atoms with Gasteiger partial charge in [-0.15, -0.1) is 0 Å². The van der Waals surface area contributed by atoms with Crippen molar-refractivity contribution in [1.29, 1.82) is 0 Å². The monoisotopic (exact) mass is 244 g/mol. The number of hydrogen-bond donors (Lipinski definition) is 0. The van der Waals surface area contributed by atoms with Crippen LogP contribution >= 0.6 is 0 Å². The summed E-state index contributed by atoms with van der Waals surface area (Å²) < 4.78 is 0. The first-order chi connectivity index (χ1) is 8.38. The molecule has 0 radical (unpaired) electrons. The zero-order valence-corrected chi connectivity index (χ0v) is 11.5. The van der Waals surface area contributed by atoms with E-state index < -0.39 is 0 Å². The van der Waals surface area contributed by atoms with Crippen LogP contribution in [-0.4, -0.2) is 16.6 Å². The van der Waals surface area contributed by atoms with Gasteiger partial charge >= 0.3 is 0 Å². The van der Waals surface area contributed by atoms with Gasteiger partial charge in [-0.1, -0.05) is 45.0 Å². The van der Waals surface area contributed by atoms with E-state index in [0.717, 1.165) is 11.3 Å². The number of benzene rings is 1.